The van der Waals surface area contributed by atoms with Gasteiger partial charge < -0.3 is 18.6 Å². The summed E-state index contributed by atoms with van der Waals surface area (Å²) in [6.45, 7) is 5.60. The first kappa shape index (κ1) is 21.7. The highest BCUT2D eigenvalue weighted by molar-refractivity contribution is 5.54. The van der Waals surface area contributed by atoms with Crippen LogP contribution in [0.3, 0.4) is 0 Å². The van der Waals surface area contributed by atoms with Gasteiger partial charge in [-0.1, -0.05) is 53.2 Å². The number of anilines is 1. The number of benzene rings is 2. The number of piperidine rings is 1. The van der Waals surface area contributed by atoms with Crippen molar-refractivity contribution in [2.24, 2.45) is 0 Å². The maximum atomic E-state index is 9.58. The monoisotopic (exact) mass is 455 g/mol. The fourth-order valence-electron chi connectivity index (χ4n) is 4.11. The van der Waals surface area contributed by atoms with Gasteiger partial charge in [-0.2, -0.15) is 15.2 Å². The van der Waals surface area contributed by atoms with Gasteiger partial charge in [0, 0.05) is 24.6 Å². The van der Waals surface area contributed by atoms with Crippen LogP contribution < -0.4 is 9.64 Å². The summed E-state index contributed by atoms with van der Waals surface area (Å²) < 4.78 is 17.3. The van der Waals surface area contributed by atoms with Gasteiger partial charge in [0.2, 0.25) is 29.2 Å². The maximum Gasteiger partial charge on any atom is 0.236 e. The number of nitrogens with zero attached hydrogens (tertiary/aromatic N) is 5. The van der Waals surface area contributed by atoms with E-state index in [1.807, 2.05) is 62.4 Å². The summed E-state index contributed by atoms with van der Waals surface area (Å²) in [5.74, 6) is 3.08. The Hall–Kier alpha value is -4.12. The van der Waals surface area contributed by atoms with Crippen LogP contribution in [0.15, 0.2) is 57.5 Å². The molecule has 5 rings (SSSR count). The molecule has 2 aromatic heterocycles. The number of ether oxygens (including phenoxy) is 1. The van der Waals surface area contributed by atoms with Gasteiger partial charge in [0.1, 0.15) is 11.8 Å². The van der Waals surface area contributed by atoms with Crippen molar-refractivity contribution < 1.29 is 13.7 Å². The summed E-state index contributed by atoms with van der Waals surface area (Å²) in [6, 6.07) is 18.0. The summed E-state index contributed by atoms with van der Waals surface area (Å²) >= 11 is 0. The first-order valence-electron chi connectivity index (χ1n) is 11.3. The number of hydrogen-bond acceptors (Lipinski definition) is 8. The summed E-state index contributed by atoms with van der Waals surface area (Å²) in [5, 5.41) is 13.7. The molecule has 4 aromatic rings. The fraction of sp³-hybridized carbons (Fsp3) is 0.308. The highest BCUT2D eigenvalue weighted by Gasteiger charge is 2.29. The molecular formula is C26H25N5O3. The van der Waals surface area contributed by atoms with Crippen molar-refractivity contribution in [2.45, 2.75) is 39.2 Å². The van der Waals surface area contributed by atoms with E-state index in [4.69, 9.17) is 13.7 Å². The average molecular weight is 456 g/mol. The second-order valence-corrected chi connectivity index (χ2v) is 8.51. The third kappa shape index (κ3) is 4.50. The average Bonchev–Trinajstić information content (AvgIpc) is 3.52. The number of aryl methyl sites for hydroxylation is 2. The van der Waals surface area contributed by atoms with E-state index in [9.17, 15) is 5.26 Å². The van der Waals surface area contributed by atoms with Gasteiger partial charge >= 0.3 is 0 Å². The van der Waals surface area contributed by atoms with Gasteiger partial charge in [0.05, 0.1) is 0 Å². The third-order valence-electron chi connectivity index (χ3n) is 6.09. The molecule has 8 nitrogen and oxygen atoms in total. The summed E-state index contributed by atoms with van der Waals surface area (Å²) in [5.41, 5.74) is 3.44. The van der Waals surface area contributed by atoms with E-state index in [1.165, 1.54) is 5.56 Å². The van der Waals surface area contributed by atoms with Crippen LogP contribution in [0.5, 0.6) is 5.75 Å². The molecule has 0 N–H and O–H groups in total. The Balaban J connectivity index is 1.23. The molecule has 1 fully saturated rings. The van der Waals surface area contributed by atoms with Crippen molar-refractivity contribution in [1.29, 1.82) is 5.26 Å². The maximum absolute atomic E-state index is 9.58. The van der Waals surface area contributed by atoms with Crippen molar-refractivity contribution in [3.8, 4) is 23.2 Å². The summed E-state index contributed by atoms with van der Waals surface area (Å²) in [4.78, 5) is 11.0. The Labute approximate surface area is 197 Å². The smallest absolute Gasteiger partial charge is 0.236 e. The quantitative estimate of drug-likeness (QED) is 0.392. The lowest BCUT2D eigenvalue weighted by atomic mass is 9.97. The first-order valence-corrected chi connectivity index (χ1v) is 11.3. The topological polar surface area (TPSA) is 101 Å². The van der Waals surface area contributed by atoms with Gasteiger partial charge in [0.25, 0.3) is 0 Å². The van der Waals surface area contributed by atoms with E-state index in [1.54, 1.807) is 0 Å². The number of aromatic nitrogens is 3. The van der Waals surface area contributed by atoms with Gasteiger partial charge in [-0.25, -0.2) is 0 Å². The molecule has 0 unspecified atom stereocenters. The molecule has 8 heteroatoms. The molecule has 3 heterocycles. The zero-order chi connectivity index (χ0) is 23.5. The van der Waals surface area contributed by atoms with Crippen LogP contribution in [0.2, 0.25) is 0 Å². The van der Waals surface area contributed by atoms with Crippen molar-refractivity contribution in [3.63, 3.8) is 0 Å². The zero-order valence-electron chi connectivity index (χ0n) is 19.2. The van der Waals surface area contributed by atoms with E-state index in [0.29, 0.717) is 36.6 Å². The van der Waals surface area contributed by atoms with Crippen molar-refractivity contribution >= 4 is 5.88 Å². The Morgan fingerprint density at radius 3 is 2.56 bits per heavy atom. The number of para-hydroxylation sites is 1. The van der Waals surface area contributed by atoms with Gasteiger partial charge in [-0.15, -0.1) is 0 Å². The van der Waals surface area contributed by atoms with E-state index in [0.717, 1.165) is 29.7 Å². The van der Waals surface area contributed by atoms with Crippen LogP contribution in [-0.2, 0) is 6.61 Å². The molecule has 1 saturated heterocycles. The first-order chi connectivity index (χ1) is 16.6. The second kappa shape index (κ2) is 9.40. The number of hydrogen-bond donors (Lipinski definition) is 0. The second-order valence-electron chi connectivity index (χ2n) is 8.51. The van der Waals surface area contributed by atoms with E-state index >= 15 is 0 Å². The van der Waals surface area contributed by atoms with Crippen molar-refractivity contribution in [1.82, 2.24) is 15.1 Å². The van der Waals surface area contributed by atoms with E-state index in [-0.39, 0.29) is 18.2 Å². The highest BCUT2D eigenvalue weighted by Crippen LogP contribution is 2.32. The lowest BCUT2D eigenvalue weighted by Crippen LogP contribution is -2.33. The van der Waals surface area contributed by atoms with Gasteiger partial charge in [-0.05, 0) is 38.3 Å². The lowest BCUT2D eigenvalue weighted by molar-refractivity contribution is 0.261. The Bertz CT molecular complexity index is 1310. The Morgan fingerprint density at radius 2 is 1.82 bits per heavy atom. The normalized spacial score (nSPS) is 14.2. The molecule has 172 valence electrons. The summed E-state index contributed by atoms with van der Waals surface area (Å²) in [6.07, 6.45) is 1.63. The fourth-order valence-corrected chi connectivity index (χ4v) is 4.11. The lowest BCUT2D eigenvalue weighted by Gasteiger charge is -2.29. The minimum absolute atomic E-state index is 0.166. The number of rotatable bonds is 6. The molecule has 34 heavy (non-hydrogen) atoms. The van der Waals surface area contributed by atoms with E-state index < -0.39 is 0 Å². The third-order valence-corrected chi connectivity index (χ3v) is 6.09. The zero-order valence-corrected chi connectivity index (χ0v) is 19.2. The molecule has 0 radical (unpaired) electrons. The van der Waals surface area contributed by atoms with Crippen LogP contribution in [0.25, 0.3) is 11.4 Å². The molecule has 0 amide bonds. The molecule has 2 aromatic carbocycles. The predicted octanol–water partition coefficient (Wildman–Crippen LogP) is 5.18. The van der Waals surface area contributed by atoms with Gasteiger partial charge in [-0.3, -0.25) is 0 Å². The molecule has 1 aliphatic rings. The molecule has 0 bridgehead atoms. The molecule has 0 spiro atoms. The Morgan fingerprint density at radius 1 is 1.06 bits per heavy atom. The van der Waals surface area contributed by atoms with Crippen LogP contribution in [0, 0.1) is 25.2 Å². The minimum atomic E-state index is 0.166. The molecule has 0 saturated carbocycles. The Kier molecular flexibility index (Phi) is 6.00. The molecule has 1 aliphatic heterocycles. The van der Waals surface area contributed by atoms with E-state index in [2.05, 4.69) is 26.1 Å². The number of oxazole rings is 1. The van der Waals surface area contributed by atoms with Gasteiger partial charge in [0.15, 0.2) is 6.61 Å². The molecular weight excluding hydrogens is 430 g/mol. The molecule has 0 atom stereocenters. The van der Waals surface area contributed by atoms with Crippen LogP contribution >= 0.6 is 0 Å². The van der Waals surface area contributed by atoms with Crippen molar-refractivity contribution in [3.05, 3.63) is 77.1 Å². The predicted molar refractivity (Wildman–Crippen MR) is 125 cm³/mol. The standard InChI is InChI=1S/C26H25N5O3/c1-17-7-9-19(10-8-17)24-29-25(34-30-24)20-11-13-31(14-12-20)26-21(15-27)28-23(33-26)16-32-22-6-4-3-5-18(22)2/h3-10,20H,11-14,16H2,1-2H3. The largest absolute Gasteiger partial charge is 0.484 e. The van der Waals surface area contributed by atoms with Crippen LogP contribution in [0.1, 0.15) is 47.4 Å². The van der Waals surface area contributed by atoms with Crippen molar-refractivity contribution in [2.75, 3.05) is 18.0 Å². The minimum Gasteiger partial charge on any atom is -0.484 e. The summed E-state index contributed by atoms with van der Waals surface area (Å²) in [7, 11) is 0. The highest BCUT2D eigenvalue weighted by atomic mass is 16.5. The molecule has 0 aliphatic carbocycles. The number of nitriles is 1. The SMILES string of the molecule is Cc1ccc(-c2noc(C3CCN(c4oc(COc5ccccc5C)nc4C#N)CC3)n2)cc1. The van der Waals surface area contributed by atoms with Crippen LogP contribution in [0.4, 0.5) is 5.88 Å². The van der Waals surface area contributed by atoms with Crippen LogP contribution in [-0.4, -0.2) is 28.2 Å².